The molecule has 2 aromatic carbocycles. The van der Waals surface area contributed by atoms with Crippen LogP contribution in [0.4, 0.5) is 5.82 Å². The number of benzene rings is 2. The van der Waals surface area contributed by atoms with E-state index in [-0.39, 0.29) is 12.3 Å². The topological polar surface area (TPSA) is 114 Å². The molecule has 10 heteroatoms. The Labute approximate surface area is 198 Å². The van der Waals surface area contributed by atoms with Gasteiger partial charge in [-0.1, -0.05) is 42.5 Å². The summed E-state index contributed by atoms with van der Waals surface area (Å²) in [7, 11) is -3.29. The van der Waals surface area contributed by atoms with Crippen LogP contribution in [0, 0.1) is 0 Å². The van der Waals surface area contributed by atoms with Crippen LogP contribution in [0.15, 0.2) is 54.7 Å². The molecule has 3 heterocycles. The van der Waals surface area contributed by atoms with Gasteiger partial charge in [0.05, 0.1) is 23.2 Å². The summed E-state index contributed by atoms with van der Waals surface area (Å²) in [6.45, 7) is 4.05. The predicted molar refractivity (Wildman–Crippen MR) is 132 cm³/mol. The van der Waals surface area contributed by atoms with Crippen molar-refractivity contribution in [1.82, 2.24) is 29.8 Å². The number of anilines is 1. The van der Waals surface area contributed by atoms with Gasteiger partial charge in [-0.3, -0.25) is 0 Å². The summed E-state index contributed by atoms with van der Waals surface area (Å²) in [4.78, 5) is 9.69. The summed E-state index contributed by atoms with van der Waals surface area (Å²) in [5.41, 5.74) is 4.94. The largest absolute Gasteiger partial charge is 0.366 e. The molecule has 0 saturated heterocycles. The summed E-state index contributed by atoms with van der Waals surface area (Å²) >= 11 is 0. The van der Waals surface area contributed by atoms with Gasteiger partial charge in [0.1, 0.15) is 5.82 Å². The van der Waals surface area contributed by atoms with E-state index in [4.69, 9.17) is 9.97 Å². The van der Waals surface area contributed by atoms with E-state index < -0.39 is 10.0 Å². The van der Waals surface area contributed by atoms with Crippen molar-refractivity contribution >= 4 is 26.7 Å². The Bertz CT molecular complexity index is 1420. The van der Waals surface area contributed by atoms with Gasteiger partial charge in [0.2, 0.25) is 10.0 Å². The van der Waals surface area contributed by atoms with E-state index in [1.54, 1.807) is 17.8 Å². The average molecular weight is 478 g/mol. The molecule has 0 unspecified atom stereocenters. The molecule has 0 atom stereocenters. The quantitative estimate of drug-likeness (QED) is 0.357. The second-order valence-corrected chi connectivity index (χ2v) is 10.3. The smallest absolute Gasteiger partial charge is 0.253 e. The third kappa shape index (κ3) is 4.65. The first-order valence-electron chi connectivity index (χ1n) is 11.4. The van der Waals surface area contributed by atoms with Crippen molar-refractivity contribution in [2.24, 2.45) is 0 Å². The molecule has 1 aliphatic heterocycles. The Morgan fingerprint density at radius 3 is 2.74 bits per heavy atom. The minimum Gasteiger partial charge on any atom is -0.366 e. The highest BCUT2D eigenvalue weighted by atomic mass is 32.2. The average Bonchev–Trinajstić information content (AvgIpc) is 3.31. The van der Waals surface area contributed by atoms with Crippen LogP contribution in [-0.4, -0.2) is 40.5 Å². The maximum atomic E-state index is 11.9. The van der Waals surface area contributed by atoms with Gasteiger partial charge < -0.3 is 10.6 Å². The molecule has 4 aromatic rings. The van der Waals surface area contributed by atoms with Crippen LogP contribution >= 0.6 is 0 Å². The van der Waals surface area contributed by atoms with Gasteiger partial charge in [0, 0.05) is 30.6 Å². The molecule has 3 N–H and O–H groups in total. The first kappa shape index (κ1) is 22.5. The highest BCUT2D eigenvalue weighted by Gasteiger charge is 2.20. The van der Waals surface area contributed by atoms with Gasteiger partial charge in [-0.15, -0.1) is 0 Å². The minimum absolute atomic E-state index is 0.0397. The molecule has 9 nitrogen and oxygen atoms in total. The Balaban J connectivity index is 1.50. The maximum Gasteiger partial charge on any atom is 0.253 e. The maximum absolute atomic E-state index is 11.9. The molecule has 5 rings (SSSR count). The molecule has 2 aromatic heterocycles. The zero-order valence-corrected chi connectivity index (χ0v) is 19.8. The van der Waals surface area contributed by atoms with E-state index in [1.165, 1.54) is 5.56 Å². The molecule has 0 fully saturated rings. The SMILES string of the molecule is CCS(=O)(=O)NCc1cccc2c1cnn2-c1nc2c(c(NCc3ccccc3)n1)CCNC2. The van der Waals surface area contributed by atoms with Gasteiger partial charge in [-0.2, -0.15) is 14.8 Å². The van der Waals surface area contributed by atoms with E-state index in [0.717, 1.165) is 46.5 Å². The second kappa shape index (κ2) is 9.49. The van der Waals surface area contributed by atoms with Crippen LogP contribution in [0.5, 0.6) is 0 Å². The van der Waals surface area contributed by atoms with E-state index in [2.05, 4.69) is 32.6 Å². The molecular weight excluding hydrogens is 450 g/mol. The Morgan fingerprint density at radius 2 is 1.91 bits per heavy atom. The molecule has 0 amide bonds. The van der Waals surface area contributed by atoms with Gasteiger partial charge >= 0.3 is 0 Å². The van der Waals surface area contributed by atoms with E-state index in [9.17, 15) is 8.42 Å². The molecule has 34 heavy (non-hydrogen) atoms. The summed E-state index contributed by atoms with van der Waals surface area (Å²) in [6.07, 6.45) is 2.59. The lowest BCUT2D eigenvalue weighted by Crippen LogP contribution is -2.27. The number of fused-ring (bicyclic) bond motifs is 2. The second-order valence-electron chi connectivity index (χ2n) is 8.19. The Kier molecular flexibility index (Phi) is 6.27. The van der Waals surface area contributed by atoms with E-state index in [0.29, 0.717) is 19.0 Å². The molecular formula is C24H27N7O2S. The van der Waals surface area contributed by atoms with Crippen molar-refractivity contribution in [2.45, 2.75) is 33.0 Å². The lowest BCUT2D eigenvalue weighted by atomic mass is 10.1. The first-order chi connectivity index (χ1) is 16.5. The number of nitrogens with one attached hydrogen (secondary N) is 3. The third-order valence-electron chi connectivity index (χ3n) is 5.98. The monoisotopic (exact) mass is 477 g/mol. The summed E-state index contributed by atoms with van der Waals surface area (Å²) in [5, 5.41) is 12.3. The van der Waals surface area contributed by atoms with Gasteiger partial charge in [-0.25, -0.2) is 18.1 Å². The Hall–Kier alpha value is -3.34. The molecule has 0 bridgehead atoms. The number of rotatable bonds is 8. The highest BCUT2D eigenvalue weighted by Crippen LogP contribution is 2.25. The number of nitrogens with zero attached hydrogens (tertiary/aromatic N) is 4. The molecule has 1 aliphatic rings. The lowest BCUT2D eigenvalue weighted by molar-refractivity contribution is 0.583. The lowest BCUT2D eigenvalue weighted by Gasteiger charge is -2.21. The van der Waals surface area contributed by atoms with Crippen molar-refractivity contribution in [3.8, 4) is 5.95 Å². The van der Waals surface area contributed by atoms with Crippen molar-refractivity contribution in [3.63, 3.8) is 0 Å². The fourth-order valence-corrected chi connectivity index (χ4v) is 4.66. The van der Waals surface area contributed by atoms with E-state index >= 15 is 0 Å². The molecule has 0 spiro atoms. The van der Waals surface area contributed by atoms with Crippen molar-refractivity contribution in [2.75, 3.05) is 17.6 Å². The molecule has 0 radical (unpaired) electrons. The third-order valence-corrected chi connectivity index (χ3v) is 7.33. The summed E-state index contributed by atoms with van der Waals surface area (Å²) in [6, 6.07) is 16.0. The zero-order valence-electron chi connectivity index (χ0n) is 19.0. The number of aromatic nitrogens is 4. The van der Waals surface area contributed by atoms with Crippen LogP contribution < -0.4 is 15.4 Å². The van der Waals surface area contributed by atoms with Gasteiger partial charge in [0.15, 0.2) is 0 Å². The van der Waals surface area contributed by atoms with Crippen LogP contribution in [0.2, 0.25) is 0 Å². The highest BCUT2D eigenvalue weighted by molar-refractivity contribution is 7.89. The van der Waals surface area contributed by atoms with Crippen LogP contribution in [0.25, 0.3) is 16.9 Å². The summed E-state index contributed by atoms with van der Waals surface area (Å²) in [5.74, 6) is 1.35. The fraction of sp³-hybridized carbons (Fsp3) is 0.292. The summed E-state index contributed by atoms with van der Waals surface area (Å²) < 4.78 is 28.2. The minimum atomic E-state index is -3.29. The van der Waals surface area contributed by atoms with Gasteiger partial charge in [-0.05, 0) is 37.1 Å². The fourth-order valence-electron chi connectivity index (χ4n) is 4.08. The number of hydrogen-bond donors (Lipinski definition) is 3. The molecule has 176 valence electrons. The molecule has 0 aliphatic carbocycles. The predicted octanol–water partition coefficient (Wildman–Crippen LogP) is 2.51. The van der Waals surface area contributed by atoms with Crippen LogP contribution in [0.1, 0.15) is 29.3 Å². The Morgan fingerprint density at radius 1 is 1.06 bits per heavy atom. The normalized spacial score (nSPS) is 13.7. The van der Waals surface area contributed by atoms with Crippen molar-refractivity contribution in [1.29, 1.82) is 0 Å². The van der Waals surface area contributed by atoms with Crippen molar-refractivity contribution in [3.05, 3.63) is 77.1 Å². The van der Waals surface area contributed by atoms with Crippen LogP contribution in [-0.2, 0) is 36.1 Å². The standard InChI is InChI=1S/C24H27N7O2S/c1-2-34(32,33)28-14-18-9-6-10-22-20(18)15-27-31(22)24-29-21-16-25-12-11-19(21)23(30-24)26-13-17-7-4-3-5-8-17/h3-10,15,25,28H,2,11-14,16H2,1H3,(H,26,29,30). The van der Waals surface area contributed by atoms with E-state index in [1.807, 2.05) is 36.4 Å². The van der Waals surface area contributed by atoms with Crippen LogP contribution in [0.3, 0.4) is 0 Å². The van der Waals surface area contributed by atoms with Crippen molar-refractivity contribution < 1.29 is 8.42 Å². The first-order valence-corrected chi connectivity index (χ1v) is 13.0. The number of sulfonamides is 1. The number of hydrogen-bond acceptors (Lipinski definition) is 7. The zero-order chi connectivity index (χ0) is 23.5. The molecule has 0 saturated carbocycles. The van der Waals surface area contributed by atoms with Gasteiger partial charge in [0.25, 0.3) is 5.95 Å².